The van der Waals surface area contributed by atoms with E-state index in [1.165, 1.54) is 44.1 Å². The standard InChI is InChI=1S/C17H27NO.ClH/c1-19-14-17(12-15-8-4-2-5-9-15)18-13-16-10-6-3-7-11-16;/h3,6-7,10-11,15,17-18H,2,4-5,8-9,12-14H2,1H3;1H. The lowest BCUT2D eigenvalue weighted by Crippen LogP contribution is -2.35. The number of methoxy groups -OCH3 is 1. The zero-order valence-electron chi connectivity index (χ0n) is 12.5. The van der Waals surface area contributed by atoms with E-state index in [-0.39, 0.29) is 12.4 Å². The van der Waals surface area contributed by atoms with Gasteiger partial charge in [-0.1, -0.05) is 62.4 Å². The molecular weight excluding hydrogens is 270 g/mol. The van der Waals surface area contributed by atoms with Crippen LogP contribution in [0.15, 0.2) is 30.3 Å². The maximum absolute atomic E-state index is 5.37. The summed E-state index contributed by atoms with van der Waals surface area (Å²) < 4.78 is 5.37. The molecule has 1 unspecified atom stereocenters. The minimum atomic E-state index is 0. The van der Waals surface area contributed by atoms with Crippen LogP contribution in [0.1, 0.15) is 44.1 Å². The van der Waals surface area contributed by atoms with E-state index < -0.39 is 0 Å². The van der Waals surface area contributed by atoms with Gasteiger partial charge in [0.05, 0.1) is 6.61 Å². The number of benzene rings is 1. The zero-order valence-corrected chi connectivity index (χ0v) is 13.3. The summed E-state index contributed by atoms with van der Waals surface area (Å²) in [7, 11) is 1.80. The van der Waals surface area contributed by atoms with Crippen LogP contribution in [0.5, 0.6) is 0 Å². The summed E-state index contributed by atoms with van der Waals surface area (Å²) in [5.74, 6) is 0.900. The average Bonchev–Trinajstić information content (AvgIpc) is 2.47. The molecule has 1 aliphatic carbocycles. The number of ether oxygens (including phenoxy) is 1. The third-order valence-electron chi connectivity index (χ3n) is 4.15. The molecule has 3 heteroatoms. The van der Waals surface area contributed by atoms with Gasteiger partial charge in [0.1, 0.15) is 0 Å². The molecule has 0 heterocycles. The van der Waals surface area contributed by atoms with E-state index in [1.807, 2.05) is 0 Å². The number of halogens is 1. The molecular formula is C17H28ClNO. The summed E-state index contributed by atoms with van der Waals surface area (Å²) >= 11 is 0. The van der Waals surface area contributed by atoms with Crippen LogP contribution in [-0.4, -0.2) is 19.8 Å². The molecule has 1 fully saturated rings. The Morgan fingerprint density at radius 3 is 2.50 bits per heavy atom. The monoisotopic (exact) mass is 297 g/mol. The number of nitrogens with one attached hydrogen (secondary N) is 1. The Morgan fingerprint density at radius 1 is 1.15 bits per heavy atom. The Morgan fingerprint density at radius 2 is 1.85 bits per heavy atom. The molecule has 1 aromatic rings. The van der Waals surface area contributed by atoms with Crippen molar-refractivity contribution in [2.24, 2.45) is 5.92 Å². The lowest BCUT2D eigenvalue weighted by Gasteiger charge is -2.27. The first-order valence-corrected chi connectivity index (χ1v) is 7.64. The van der Waals surface area contributed by atoms with E-state index in [4.69, 9.17) is 4.74 Å². The van der Waals surface area contributed by atoms with Crippen molar-refractivity contribution in [3.05, 3.63) is 35.9 Å². The van der Waals surface area contributed by atoms with E-state index >= 15 is 0 Å². The molecule has 0 aliphatic heterocycles. The fourth-order valence-corrected chi connectivity index (χ4v) is 3.09. The Labute approximate surface area is 129 Å². The Balaban J connectivity index is 0.00000200. The summed E-state index contributed by atoms with van der Waals surface area (Å²) in [4.78, 5) is 0. The summed E-state index contributed by atoms with van der Waals surface area (Å²) in [6, 6.07) is 11.1. The maximum atomic E-state index is 5.37. The van der Waals surface area contributed by atoms with Gasteiger partial charge >= 0.3 is 0 Å². The van der Waals surface area contributed by atoms with Crippen LogP contribution in [0.3, 0.4) is 0 Å². The Bertz CT molecular complexity index is 338. The average molecular weight is 298 g/mol. The van der Waals surface area contributed by atoms with Crippen molar-refractivity contribution in [1.82, 2.24) is 5.32 Å². The molecule has 0 aromatic heterocycles. The van der Waals surface area contributed by atoms with Crippen molar-refractivity contribution in [1.29, 1.82) is 0 Å². The van der Waals surface area contributed by atoms with Gasteiger partial charge in [0, 0.05) is 19.7 Å². The number of hydrogen-bond donors (Lipinski definition) is 1. The Hall–Kier alpha value is -0.570. The Kier molecular flexibility index (Phi) is 8.92. The van der Waals surface area contributed by atoms with Gasteiger partial charge in [-0.15, -0.1) is 12.4 Å². The highest BCUT2D eigenvalue weighted by Crippen LogP contribution is 2.27. The minimum Gasteiger partial charge on any atom is -0.383 e. The normalized spacial score (nSPS) is 17.4. The summed E-state index contributed by atoms with van der Waals surface area (Å²) in [6.45, 7) is 1.77. The van der Waals surface area contributed by atoms with Gasteiger partial charge in [-0.25, -0.2) is 0 Å². The predicted octanol–water partition coefficient (Wildman–Crippen LogP) is 4.18. The molecule has 2 rings (SSSR count). The predicted molar refractivity (Wildman–Crippen MR) is 87.4 cm³/mol. The molecule has 0 bridgehead atoms. The van der Waals surface area contributed by atoms with Gasteiger partial charge < -0.3 is 10.1 Å². The summed E-state index contributed by atoms with van der Waals surface area (Å²) in [5.41, 5.74) is 1.35. The zero-order chi connectivity index (χ0) is 13.3. The third kappa shape index (κ3) is 6.25. The topological polar surface area (TPSA) is 21.3 Å². The first-order valence-electron chi connectivity index (χ1n) is 7.64. The molecule has 1 saturated carbocycles. The van der Waals surface area contributed by atoms with E-state index in [0.29, 0.717) is 6.04 Å². The SMILES string of the molecule is COCC(CC1CCCCC1)NCc1ccccc1.Cl. The van der Waals surface area contributed by atoms with Crippen molar-refractivity contribution in [3.63, 3.8) is 0 Å². The molecule has 0 amide bonds. The van der Waals surface area contributed by atoms with E-state index in [1.54, 1.807) is 7.11 Å². The highest BCUT2D eigenvalue weighted by Gasteiger charge is 2.18. The molecule has 2 nitrogen and oxygen atoms in total. The minimum absolute atomic E-state index is 0. The smallest absolute Gasteiger partial charge is 0.0616 e. The fraction of sp³-hybridized carbons (Fsp3) is 0.647. The second-order valence-corrected chi connectivity index (χ2v) is 5.76. The molecule has 0 saturated heterocycles. The van der Waals surface area contributed by atoms with E-state index in [0.717, 1.165) is 19.1 Å². The molecule has 0 spiro atoms. The van der Waals surface area contributed by atoms with Gasteiger partial charge in [-0.3, -0.25) is 0 Å². The quantitative estimate of drug-likeness (QED) is 0.815. The van der Waals surface area contributed by atoms with Crippen LogP contribution in [0.25, 0.3) is 0 Å². The molecule has 20 heavy (non-hydrogen) atoms. The highest BCUT2D eigenvalue weighted by atomic mass is 35.5. The number of rotatable bonds is 7. The van der Waals surface area contributed by atoms with Crippen LogP contribution in [0.4, 0.5) is 0 Å². The van der Waals surface area contributed by atoms with E-state index in [2.05, 4.69) is 35.6 Å². The third-order valence-corrected chi connectivity index (χ3v) is 4.15. The van der Waals surface area contributed by atoms with Crippen LogP contribution >= 0.6 is 12.4 Å². The van der Waals surface area contributed by atoms with Gasteiger partial charge in [0.15, 0.2) is 0 Å². The first kappa shape index (κ1) is 17.5. The largest absolute Gasteiger partial charge is 0.383 e. The molecule has 1 atom stereocenters. The van der Waals surface area contributed by atoms with Crippen LogP contribution in [0.2, 0.25) is 0 Å². The van der Waals surface area contributed by atoms with Gasteiger partial charge in [-0.05, 0) is 17.9 Å². The summed E-state index contributed by atoms with van der Waals surface area (Å²) in [5, 5.41) is 3.66. The van der Waals surface area contributed by atoms with Crippen molar-refractivity contribution in [3.8, 4) is 0 Å². The second-order valence-electron chi connectivity index (χ2n) is 5.76. The van der Waals surface area contributed by atoms with Gasteiger partial charge in [0.2, 0.25) is 0 Å². The molecule has 0 radical (unpaired) electrons. The lowest BCUT2D eigenvalue weighted by atomic mass is 9.85. The first-order chi connectivity index (χ1) is 9.38. The lowest BCUT2D eigenvalue weighted by molar-refractivity contribution is 0.147. The maximum Gasteiger partial charge on any atom is 0.0616 e. The van der Waals surface area contributed by atoms with Crippen molar-refractivity contribution >= 4 is 12.4 Å². The van der Waals surface area contributed by atoms with Gasteiger partial charge in [0.25, 0.3) is 0 Å². The molecule has 1 N–H and O–H groups in total. The second kappa shape index (κ2) is 10.2. The molecule has 1 aliphatic rings. The van der Waals surface area contributed by atoms with Crippen LogP contribution < -0.4 is 5.32 Å². The van der Waals surface area contributed by atoms with Crippen LogP contribution in [-0.2, 0) is 11.3 Å². The van der Waals surface area contributed by atoms with Gasteiger partial charge in [-0.2, -0.15) is 0 Å². The van der Waals surface area contributed by atoms with Crippen molar-refractivity contribution < 1.29 is 4.74 Å². The van der Waals surface area contributed by atoms with E-state index in [9.17, 15) is 0 Å². The molecule has 114 valence electrons. The van der Waals surface area contributed by atoms with Crippen LogP contribution in [0, 0.1) is 5.92 Å². The highest BCUT2D eigenvalue weighted by molar-refractivity contribution is 5.85. The molecule has 1 aromatic carbocycles. The number of hydrogen-bond acceptors (Lipinski definition) is 2. The van der Waals surface area contributed by atoms with Crippen molar-refractivity contribution in [2.45, 2.75) is 51.1 Å². The van der Waals surface area contributed by atoms with Crippen molar-refractivity contribution in [2.75, 3.05) is 13.7 Å². The fourth-order valence-electron chi connectivity index (χ4n) is 3.09. The summed E-state index contributed by atoms with van der Waals surface area (Å²) in [6.07, 6.45) is 8.36.